The Balaban J connectivity index is 2.49. The van der Waals surface area contributed by atoms with Crippen molar-refractivity contribution in [1.29, 1.82) is 0 Å². The third-order valence-electron chi connectivity index (χ3n) is 2.49. The van der Waals surface area contributed by atoms with Gasteiger partial charge in [0.25, 0.3) is 5.56 Å². The van der Waals surface area contributed by atoms with Crippen LogP contribution < -0.4 is 5.56 Å². The Kier molecular flexibility index (Phi) is 3.24. The minimum atomic E-state index is -0.168. The number of rotatable bonds is 3. The van der Waals surface area contributed by atoms with Gasteiger partial charge in [0, 0.05) is 18.0 Å². The molecule has 1 aromatic carbocycles. The van der Waals surface area contributed by atoms with E-state index in [2.05, 4.69) is 4.98 Å². The van der Waals surface area contributed by atoms with Crippen LogP contribution >= 0.6 is 11.6 Å². The lowest BCUT2D eigenvalue weighted by molar-refractivity contribution is -0.117. The van der Waals surface area contributed by atoms with Crippen LogP contribution in [-0.4, -0.2) is 15.3 Å². The number of benzene rings is 1. The monoisotopic (exact) mass is 250 g/mol. The van der Waals surface area contributed by atoms with E-state index in [1.165, 1.54) is 17.8 Å². The standard InChI is InChI=1S/C12H11ClN2O2/c1-8(16)4-5-15-7-14-11-3-2-9(13)6-10(11)12(15)17/h2-3,6-7H,4-5H2,1H3. The van der Waals surface area contributed by atoms with Crippen LogP contribution in [0.15, 0.2) is 29.3 Å². The van der Waals surface area contributed by atoms with Crippen molar-refractivity contribution in [3.8, 4) is 0 Å². The van der Waals surface area contributed by atoms with Crippen LogP contribution in [-0.2, 0) is 11.3 Å². The first kappa shape index (κ1) is 11.8. The predicted molar refractivity (Wildman–Crippen MR) is 66.3 cm³/mol. The molecule has 0 amide bonds. The Morgan fingerprint density at radius 2 is 2.24 bits per heavy atom. The van der Waals surface area contributed by atoms with E-state index in [1.807, 2.05) is 0 Å². The van der Waals surface area contributed by atoms with E-state index in [0.717, 1.165) is 0 Å². The summed E-state index contributed by atoms with van der Waals surface area (Å²) in [6.07, 6.45) is 1.79. The lowest BCUT2D eigenvalue weighted by atomic mass is 10.2. The molecule has 5 heteroatoms. The number of ketones is 1. The SMILES string of the molecule is CC(=O)CCn1cnc2ccc(Cl)cc2c1=O. The van der Waals surface area contributed by atoms with E-state index in [4.69, 9.17) is 11.6 Å². The molecule has 0 saturated heterocycles. The number of hydrogen-bond acceptors (Lipinski definition) is 3. The molecule has 0 atom stereocenters. The molecule has 0 aliphatic heterocycles. The molecule has 2 aromatic rings. The maximum absolute atomic E-state index is 12.0. The van der Waals surface area contributed by atoms with Crippen LogP contribution in [0.2, 0.25) is 5.02 Å². The first-order valence-electron chi connectivity index (χ1n) is 5.22. The normalized spacial score (nSPS) is 10.7. The zero-order valence-electron chi connectivity index (χ0n) is 9.31. The van der Waals surface area contributed by atoms with Gasteiger partial charge in [-0.2, -0.15) is 0 Å². The molecule has 2 rings (SSSR count). The van der Waals surface area contributed by atoms with Crippen LogP contribution in [0.5, 0.6) is 0 Å². The highest BCUT2D eigenvalue weighted by Crippen LogP contribution is 2.13. The van der Waals surface area contributed by atoms with E-state index in [0.29, 0.717) is 28.9 Å². The molecule has 88 valence electrons. The number of aromatic nitrogens is 2. The fraction of sp³-hybridized carbons (Fsp3) is 0.250. The largest absolute Gasteiger partial charge is 0.300 e. The summed E-state index contributed by atoms with van der Waals surface area (Å²) in [5, 5.41) is 0.976. The molecule has 0 spiro atoms. The first-order chi connectivity index (χ1) is 8.08. The number of halogens is 1. The average Bonchev–Trinajstić information content (AvgIpc) is 2.29. The van der Waals surface area contributed by atoms with Gasteiger partial charge in [0.05, 0.1) is 17.2 Å². The zero-order valence-corrected chi connectivity index (χ0v) is 10.1. The van der Waals surface area contributed by atoms with Crippen molar-refractivity contribution >= 4 is 28.3 Å². The van der Waals surface area contributed by atoms with Gasteiger partial charge >= 0.3 is 0 Å². The Hall–Kier alpha value is -1.68. The van der Waals surface area contributed by atoms with Crippen molar-refractivity contribution in [2.45, 2.75) is 19.9 Å². The lowest BCUT2D eigenvalue weighted by Crippen LogP contribution is -2.21. The summed E-state index contributed by atoms with van der Waals surface area (Å²) < 4.78 is 1.43. The van der Waals surface area contributed by atoms with Crippen LogP contribution in [0.3, 0.4) is 0 Å². The van der Waals surface area contributed by atoms with Crippen LogP contribution in [0.25, 0.3) is 10.9 Å². The quantitative estimate of drug-likeness (QED) is 0.838. The fourth-order valence-electron chi connectivity index (χ4n) is 1.57. The molecule has 17 heavy (non-hydrogen) atoms. The van der Waals surface area contributed by atoms with E-state index in [-0.39, 0.29) is 11.3 Å². The third kappa shape index (κ3) is 2.53. The molecule has 0 unspecified atom stereocenters. The number of carbonyl (C=O) groups excluding carboxylic acids is 1. The number of Topliss-reactive ketones (excluding diaryl/α,β-unsaturated/α-hetero) is 1. The topological polar surface area (TPSA) is 52.0 Å². The van der Waals surface area contributed by atoms with E-state index >= 15 is 0 Å². The van der Waals surface area contributed by atoms with Gasteiger partial charge in [0.15, 0.2) is 0 Å². The number of hydrogen-bond donors (Lipinski definition) is 0. The summed E-state index contributed by atoms with van der Waals surface area (Å²) in [7, 11) is 0. The second-order valence-corrected chi connectivity index (χ2v) is 4.29. The molecule has 1 aromatic heterocycles. The van der Waals surface area contributed by atoms with E-state index in [1.54, 1.807) is 18.2 Å². The van der Waals surface area contributed by atoms with Crippen molar-refractivity contribution in [3.63, 3.8) is 0 Å². The van der Waals surface area contributed by atoms with Gasteiger partial charge in [-0.25, -0.2) is 4.98 Å². The van der Waals surface area contributed by atoms with E-state index in [9.17, 15) is 9.59 Å². The molecule has 0 aliphatic carbocycles. The Morgan fingerprint density at radius 3 is 2.94 bits per heavy atom. The summed E-state index contributed by atoms with van der Waals surface area (Å²) in [6, 6.07) is 4.99. The minimum absolute atomic E-state index is 0.0445. The lowest BCUT2D eigenvalue weighted by Gasteiger charge is -2.05. The van der Waals surface area contributed by atoms with Gasteiger partial charge in [-0.1, -0.05) is 11.6 Å². The van der Waals surface area contributed by atoms with Crippen molar-refractivity contribution < 1.29 is 4.79 Å². The Labute approximate surface area is 103 Å². The van der Waals surface area contributed by atoms with Gasteiger partial charge in [-0.3, -0.25) is 14.2 Å². The van der Waals surface area contributed by atoms with Gasteiger partial charge in [-0.15, -0.1) is 0 Å². The number of carbonyl (C=O) groups is 1. The Bertz CT molecular complexity index is 634. The van der Waals surface area contributed by atoms with Crippen LogP contribution in [0, 0.1) is 0 Å². The minimum Gasteiger partial charge on any atom is -0.300 e. The summed E-state index contributed by atoms with van der Waals surface area (Å²) in [6.45, 7) is 1.85. The maximum Gasteiger partial charge on any atom is 0.261 e. The van der Waals surface area contributed by atoms with Crippen molar-refractivity contribution in [3.05, 3.63) is 39.9 Å². The summed E-state index contributed by atoms with van der Waals surface area (Å²) in [5.74, 6) is 0.0445. The maximum atomic E-state index is 12.0. The van der Waals surface area contributed by atoms with Crippen molar-refractivity contribution in [1.82, 2.24) is 9.55 Å². The molecule has 0 saturated carbocycles. The molecule has 0 N–H and O–H groups in total. The van der Waals surface area contributed by atoms with Gasteiger partial charge in [0.2, 0.25) is 0 Å². The van der Waals surface area contributed by atoms with Gasteiger partial charge < -0.3 is 0 Å². The molecule has 0 fully saturated rings. The van der Waals surface area contributed by atoms with E-state index < -0.39 is 0 Å². The Morgan fingerprint density at radius 1 is 1.47 bits per heavy atom. The fourth-order valence-corrected chi connectivity index (χ4v) is 1.74. The van der Waals surface area contributed by atoms with Gasteiger partial charge in [0.1, 0.15) is 5.78 Å². The summed E-state index contributed by atoms with van der Waals surface area (Å²) in [5.41, 5.74) is 0.442. The molecule has 0 radical (unpaired) electrons. The first-order valence-corrected chi connectivity index (χ1v) is 5.60. The van der Waals surface area contributed by atoms with Crippen LogP contribution in [0.4, 0.5) is 0 Å². The third-order valence-corrected chi connectivity index (χ3v) is 2.73. The highest BCUT2D eigenvalue weighted by molar-refractivity contribution is 6.31. The zero-order chi connectivity index (χ0) is 12.4. The van der Waals surface area contributed by atoms with Crippen molar-refractivity contribution in [2.75, 3.05) is 0 Å². The molecule has 1 heterocycles. The number of nitrogens with zero attached hydrogens (tertiary/aromatic N) is 2. The van der Waals surface area contributed by atoms with Gasteiger partial charge in [-0.05, 0) is 25.1 Å². The predicted octanol–water partition coefficient (Wildman–Crippen LogP) is 2.03. The number of fused-ring (bicyclic) bond motifs is 1. The number of aryl methyl sites for hydroxylation is 1. The average molecular weight is 251 g/mol. The molecule has 0 aliphatic rings. The highest BCUT2D eigenvalue weighted by Gasteiger charge is 2.05. The second-order valence-electron chi connectivity index (χ2n) is 3.86. The van der Waals surface area contributed by atoms with Crippen molar-refractivity contribution in [2.24, 2.45) is 0 Å². The smallest absolute Gasteiger partial charge is 0.261 e. The molecule has 4 nitrogen and oxygen atoms in total. The molecular formula is C12H11ClN2O2. The van der Waals surface area contributed by atoms with Crippen LogP contribution in [0.1, 0.15) is 13.3 Å². The summed E-state index contributed by atoms with van der Waals surface area (Å²) >= 11 is 5.84. The molecule has 0 bridgehead atoms. The summed E-state index contributed by atoms with van der Waals surface area (Å²) in [4.78, 5) is 27.1. The second kappa shape index (κ2) is 4.67. The highest BCUT2D eigenvalue weighted by atomic mass is 35.5. The molecular weight excluding hydrogens is 240 g/mol.